The van der Waals surface area contributed by atoms with Gasteiger partial charge in [-0.3, -0.25) is 0 Å². The van der Waals surface area contributed by atoms with Crippen molar-refractivity contribution in [3.63, 3.8) is 0 Å². The van der Waals surface area contributed by atoms with Crippen LogP contribution in [0.25, 0.3) is 122 Å². The van der Waals surface area contributed by atoms with Crippen molar-refractivity contribution < 1.29 is 4.42 Å². The summed E-state index contributed by atoms with van der Waals surface area (Å²) < 4.78 is 6.25. The van der Waals surface area contributed by atoms with Gasteiger partial charge in [-0.25, -0.2) is 15.0 Å². The minimum Gasteiger partial charge on any atom is -0.456 e. The van der Waals surface area contributed by atoms with Crippen LogP contribution >= 0.6 is 0 Å². The summed E-state index contributed by atoms with van der Waals surface area (Å²) in [6, 6.07) is 74.9. The van der Waals surface area contributed by atoms with E-state index in [1.165, 1.54) is 32.7 Å². The van der Waals surface area contributed by atoms with Gasteiger partial charge in [-0.1, -0.05) is 176 Å². The third-order valence-electron chi connectivity index (χ3n) is 11.9. The third kappa shape index (κ3) is 6.12. The minimum atomic E-state index is 0.612. The predicted molar refractivity (Wildman–Crippen MR) is 252 cm³/mol. The second-order valence-electron chi connectivity index (χ2n) is 15.6. The van der Waals surface area contributed by atoms with Gasteiger partial charge in [-0.15, -0.1) is 0 Å². The SMILES string of the molecule is c1ccc(-c2nc(-c3ccc(-c4ccc5oc6ccccc6c5c4)c(-c4ccc5cc(-c6cccc7ccccc67)ccc5c4)c3)nc(-c3cccc4ccccc34)n2)cc1. The summed E-state index contributed by atoms with van der Waals surface area (Å²) in [5.41, 5.74) is 11.4. The van der Waals surface area contributed by atoms with Crippen molar-refractivity contribution in [1.29, 1.82) is 0 Å². The molecular formula is C57H35N3O. The molecule has 0 saturated carbocycles. The predicted octanol–water partition coefficient (Wildman–Crippen LogP) is 15.2. The van der Waals surface area contributed by atoms with Gasteiger partial charge in [0.05, 0.1) is 0 Å². The Hall–Kier alpha value is -8.21. The molecule has 0 saturated heterocycles. The fourth-order valence-electron chi connectivity index (χ4n) is 8.89. The van der Waals surface area contributed by atoms with E-state index in [0.29, 0.717) is 17.5 Å². The highest BCUT2D eigenvalue weighted by molar-refractivity contribution is 6.07. The Labute approximate surface area is 352 Å². The lowest BCUT2D eigenvalue weighted by atomic mass is 9.90. The van der Waals surface area contributed by atoms with E-state index >= 15 is 0 Å². The van der Waals surface area contributed by atoms with Crippen molar-refractivity contribution in [3.05, 3.63) is 212 Å². The molecule has 2 aromatic heterocycles. The van der Waals surface area contributed by atoms with E-state index in [2.05, 4.69) is 182 Å². The number of benzene rings is 10. The molecule has 0 radical (unpaired) electrons. The molecule has 0 aliphatic carbocycles. The van der Waals surface area contributed by atoms with Crippen LogP contribution in [0.2, 0.25) is 0 Å². The Bertz CT molecular complexity index is 3650. The number of aromatic nitrogens is 3. The highest BCUT2D eigenvalue weighted by Gasteiger charge is 2.18. The number of hydrogen-bond donors (Lipinski definition) is 0. The fraction of sp³-hybridized carbons (Fsp3) is 0. The van der Waals surface area contributed by atoms with Crippen LogP contribution in [0.5, 0.6) is 0 Å². The Morgan fingerprint density at radius 3 is 1.52 bits per heavy atom. The molecule has 4 heteroatoms. The van der Waals surface area contributed by atoms with E-state index in [4.69, 9.17) is 19.4 Å². The molecule has 2 heterocycles. The number of fused-ring (bicyclic) bond motifs is 6. The van der Waals surface area contributed by atoms with Crippen LogP contribution < -0.4 is 0 Å². The molecule has 0 atom stereocenters. The van der Waals surface area contributed by atoms with Gasteiger partial charge in [-0.05, 0) is 102 Å². The molecule has 0 aliphatic rings. The van der Waals surface area contributed by atoms with E-state index in [-0.39, 0.29) is 0 Å². The molecule has 0 unspecified atom stereocenters. The summed E-state index contributed by atoms with van der Waals surface area (Å²) in [6.07, 6.45) is 0. The monoisotopic (exact) mass is 777 g/mol. The number of furan rings is 1. The van der Waals surface area contributed by atoms with Gasteiger partial charge >= 0.3 is 0 Å². The standard InChI is InChI=1S/C57H35N3O/c1-2-14-38(15-3-1)55-58-56(60-57(59-55)50-22-11-17-37-13-5-7-19-46(37)50)44-28-30-48(43-29-31-54-52(34-43)49-20-8-9-23-53(49)61-54)51(35-44)42-27-25-39-32-41(26-24-40(39)33-42)47-21-10-16-36-12-4-6-18-45(36)47/h1-35H. The molecular weight excluding hydrogens is 743 g/mol. The molecule has 0 spiro atoms. The molecule has 4 nitrogen and oxygen atoms in total. The molecule has 0 N–H and O–H groups in total. The van der Waals surface area contributed by atoms with Crippen molar-refractivity contribution >= 4 is 54.3 Å². The van der Waals surface area contributed by atoms with Crippen molar-refractivity contribution in [2.24, 2.45) is 0 Å². The summed E-state index contributed by atoms with van der Waals surface area (Å²) in [7, 11) is 0. The van der Waals surface area contributed by atoms with Crippen LogP contribution in [-0.2, 0) is 0 Å². The molecule has 0 aliphatic heterocycles. The largest absolute Gasteiger partial charge is 0.456 e. The average Bonchev–Trinajstić information content (AvgIpc) is 3.71. The van der Waals surface area contributed by atoms with E-state index in [1.807, 2.05) is 30.3 Å². The normalized spacial score (nSPS) is 11.6. The van der Waals surface area contributed by atoms with Crippen LogP contribution in [0.1, 0.15) is 0 Å². The first-order valence-electron chi connectivity index (χ1n) is 20.6. The quantitative estimate of drug-likeness (QED) is 0.169. The average molecular weight is 778 g/mol. The first-order valence-corrected chi connectivity index (χ1v) is 20.6. The van der Waals surface area contributed by atoms with E-state index in [0.717, 1.165) is 71.7 Å². The minimum absolute atomic E-state index is 0.612. The van der Waals surface area contributed by atoms with Gasteiger partial charge in [0, 0.05) is 27.5 Å². The summed E-state index contributed by atoms with van der Waals surface area (Å²) in [6.45, 7) is 0. The van der Waals surface area contributed by atoms with Crippen LogP contribution in [0, 0.1) is 0 Å². The molecule has 12 rings (SSSR count). The fourth-order valence-corrected chi connectivity index (χ4v) is 8.89. The first-order chi connectivity index (χ1) is 30.2. The Morgan fingerprint density at radius 2 is 0.770 bits per heavy atom. The topological polar surface area (TPSA) is 51.8 Å². The molecule has 0 amide bonds. The Kier molecular flexibility index (Phi) is 8.13. The molecule has 284 valence electrons. The lowest BCUT2D eigenvalue weighted by Gasteiger charge is -2.15. The lowest BCUT2D eigenvalue weighted by molar-refractivity contribution is 0.669. The van der Waals surface area contributed by atoms with Gasteiger partial charge in [0.15, 0.2) is 17.5 Å². The summed E-state index contributed by atoms with van der Waals surface area (Å²) in [5.74, 6) is 1.88. The summed E-state index contributed by atoms with van der Waals surface area (Å²) in [5, 5.41) is 9.26. The van der Waals surface area contributed by atoms with Gasteiger partial charge in [0.25, 0.3) is 0 Å². The van der Waals surface area contributed by atoms with Crippen molar-refractivity contribution in [2.75, 3.05) is 0 Å². The lowest BCUT2D eigenvalue weighted by Crippen LogP contribution is -2.01. The van der Waals surface area contributed by atoms with Crippen molar-refractivity contribution in [2.45, 2.75) is 0 Å². The zero-order valence-corrected chi connectivity index (χ0v) is 33.0. The number of para-hydroxylation sites is 1. The number of nitrogens with zero attached hydrogens (tertiary/aromatic N) is 3. The van der Waals surface area contributed by atoms with Crippen LogP contribution in [0.15, 0.2) is 217 Å². The van der Waals surface area contributed by atoms with Gasteiger partial charge < -0.3 is 4.42 Å². The van der Waals surface area contributed by atoms with Gasteiger partial charge in [0.2, 0.25) is 0 Å². The third-order valence-corrected chi connectivity index (χ3v) is 11.9. The Morgan fingerprint density at radius 1 is 0.246 bits per heavy atom. The first kappa shape index (κ1) is 34.8. The summed E-state index contributed by atoms with van der Waals surface area (Å²) >= 11 is 0. The highest BCUT2D eigenvalue weighted by atomic mass is 16.3. The summed E-state index contributed by atoms with van der Waals surface area (Å²) in [4.78, 5) is 15.5. The van der Waals surface area contributed by atoms with E-state index in [9.17, 15) is 0 Å². The van der Waals surface area contributed by atoms with E-state index < -0.39 is 0 Å². The van der Waals surface area contributed by atoms with Crippen LogP contribution in [-0.4, -0.2) is 15.0 Å². The second-order valence-corrected chi connectivity index (χ2v) is 15.6. The maximum atomic E-state index is 6.25. The maximum Gasteiger partial charge on any atom is 0.164 e. The van der Waals surface area contributed by atoms with E-state index in [1.54, 1.807) is 0 Å². The molecule has 0 fully saturated rings. The smallest absolute Gasteiger partial charge is 0.164 e. The van der Waals surface area contributed by atoms with Crippen LogP contribution in [0.3, 0.4) is 0 Å². The number of hydrogen-bond acceptors (Lipinski definition) is 4. The maximum absolute atomic E-state index is 6.25. The molecule has 12 aromatic rings. The highest BCUT2D eigenvalue weighted by Crippen LogP contribution is 2.41. The zero-order chi connectivity index (χ0) is 40.3. The number of rotatable bonds is 6. The molecule has 10 aromatic carbocycles. The van der Waals surface area contributed by atoms with Crippen molar-refractivity contribution in [3.8, 4) is 67.5 Å². The Balaban J connectivity index is 1.05. The second kappa shape index (κ2) is 14.3. The van der Waals surface area contributed by atoms with Gasteiger partial charge in [-0.2, -0.15) is 0 Å². The van der Waals surface area contributed by atoms with Crippen LogP contribution in [0.4, 0.5) is 0 Å². The van der Waals surface area contributed by atoms with Crippen molar-refractivity contribution in [1.82, 2.24) is 15.0 Å². The molecule has 0 bridgehead atoms. The molecule has 61 heavy (non-hydrogen) atoms. The zero-order valence-electron chi connectivity index (χ0n) is 33.0. The van der Waals surface area contributed by atoms with Gasteiger partial charge in [0.1, 0.15) is 11.2 Å².